The largest absolute Gasteiger partial charge is 0.457 e. The number of hydrogen-bond donors (Lipinski definition) is 0. The third-order valence-electron chi connectivity index (χ3n) is 3.69. The Hall–Kier alpha value is -2.93. The molecule has 0 spiro atoms. The van der Waals surface area contributed by atoms with Gasteiger partial charge in [0.05, 0.1) is 27.7 Å². The maximum Gasteiger partial charge on any atom is 0.411 e. The van der Waals surface area contributed by atoms with Gasteiger partial charge in [-0.25, -0.2) is 17.2 Å². The van der Waals surface area contributed by atoms with Crippen molar-refractivity contribution in [1.82, 2.24) is 0 Å². The maximum absolute atomic E-state index is 13.7. The molecule has 0 unspecified atom stereocenters. The van der Waals surface area contributed by atoms with Gasteiger partial charge in [-0.1, -0.05) is 6.07 Å². The van der Waals surface area contributed by atoms with E-state index in [1.54, 1.807) is 6.07 Å². The molecule has 134 valence electrons. The van der Waals surface area contributed by atoms with E-state index in [9.17, 15) is 30.8 Å². The monoisotopic (exact) mass is 385 g/mol. The highest BCUT2D eigenvalue weighted by Gasteiger charge is 2.62. The standard InChI is InChI=1S/C16H7F4NO4S/c17-15(18)12-10(25-9-3-1-2-8(6-9)7-21)4-5-11-13(12)14(22)16(19,20)26(11,23)24/h1-6,15H. The summed E-state index contributed by atoms with van der Waals surface area (Å²) < 4.78 is 83.2. The number of carbonyl (C=O) groups excluding carboxylic acids is 1. The van der Waals surface area contributed by atoms with Crippen molar-refractivity contribution in [2.45, 2.75) is 16.6 Å². The number of carbonyl (C=O) groups is 1. The summed E-state index contributed by atoms with van der Waals surface area (Å²) in [5, 5.41) is 4.01. The highest BCUT2D eigenvalue weighted by Crippen LogP contribution is 2.48. The molecule has 26 heavy (non-hydrogen) atoms. The van der Waals surface area contributed by atoms with Gasteiger partial charge >= 0.3 is 5.25 Å². The normalized spacial score (nSPS) is 17.0. The van der Waals surface area contributed by atoms with Crippen molar-refractivity contribution < 1.29 is 35.5 Å². The number of nitrogens with zero attached hydrogens (tertiary/aromatic N) is 1. The first-order valence-corrected chi connectivity index (χ1v) is 8.40. The summed E-state index contributed by atoms with van der Waals surface area (Å²) in [6, 6.07) is 8.53. The molecule has 0 saturated carbocycles. The van der Waals surface area contributed by atoms with Crippen LogP contribution >= 0.6 is 0 Å². The first-order chi connectivity index (χ1) is 12.1. The molecular weight excluding hydrogens is 378 g/mol. The molecule has 0 amide bonds. The average Bonchev–Trinajstić information content (AvgIpc) is 2.72. The van der Waals surface area contributed by atoms with Crippen LogP contribution in [-0.2, 0) is 9.84 Å². The van der Waals surface area contributed by atoms with Gasteiger partial charge in [0, 0.05) is 0 Å². The van der Waals surface area contributed by atoms with Crippen molar-refractivity contribution in [1.29, 1.82) is 5.26 Å². The fraction of sp³-hybridized carbons (Fsp3) is 0.125. The number of ketones is 1. The van der Waals surface area contributed by atoms with Crippen LogP contribution in [0.4, 0.5) is 17.6 Å². The van der Waals surface area contributed by atoms with Gasteiger partial charge in [-0.3, -0.25) is 4.79 Å². The second-order valence-electron chi connectivity index (χ2n) is 5.24. The lowest BCUT2D eigenvalue weighted by Gasteiger charge is -2.13. The SMILES string of the molecule is N#Cc1cccc(Oc2ccc3c(c2C(F)F)C(=O)C(F)(F)S3(=O)=O)c1. The molecule has 2 aromatic carbocycles. The van der Waals surface area contributed by atoms with Crippen molar-refractivity contribution in [3.63, 3.8) is 0 Å². The third kappa shape index (κ3) is 2.43. The quantitative estimate of drug-likeness (QED) is 0.750. The van der Waals surface area contributed by atoms with E-state index in [0.717, 1.165) is 6.07 Å². The van der Waals surface area contributed by atoms with Crippen molar-refractivity contribution >= 4 is 15.6 Å². The first kappa shape index (κ1) is 17.9. The number of fused-ring (bicyclic) bond motifs is 1. The average molecular weight is 385 g/mol. The Morgan fingerprint density at radius 1 is 1.15 bits per heavy atom. The summed E-state index contributed by atoms with van der Waals surface area (Å²) in [6.45, 7) is 0. The Morgan fingerprint density at radius 3 is 2.46 bits per heavy atom. The maximum atomic E-state index is 13.7. The Morgan fingerprint density at radius 2 is 1.85 bits per heavy atom. The van der Waals surface area contributed by atoms with E-state index in [1.807, 2.05) is 0 Å². The van der Waals surface area contributed by atoms with Gasteiger partial charge in [-0.15, -0.1) is 0 Å². The molecule has 10 heteroatoms. The van der Waals surface area contributed by atoms with Crippen LogP contribution in [0.1, 0.15) is 27.9 Å². The van der Waals surface area contributed by atoms with Gasteiger partial charge in [-0.2, -0.15) is 14.0 Å². The Kier molecular flexibility index (Phi) is 3.99. The first-order valence-electron chi connectivity index (χ1n) is 6.91. The van der Waals surface area contributed by atoms with E-state index in [4.69, 9.17) is 10.00 Å². The number of hydrogen-bond acceptors (Lipinski definition) is 5. The van der Waals surface area contributed by atoms with Crippen LogP contribution in [-0.4, -0.2) is 19.5 Å². The molecule has 1 aliphatic rings. The van der Waals surface area contributed by atoms with Crippen LogP contribution in [0, 0.1) is 11.3 Å². The van der Waals surface area contributed by atoms with E-state index in [-0.39, 0.29) is 11.3 Å². The Bertz CT molecular complexity index is 1070. The number of halogens is 4. The van der Waals surface area contributed by atoms with Crippen molar-refractivity contribution in [3.05, 3.63) is 53.1 Å². The van der Waals surface area contributed by atoms with E-state index < -0.39 is 49.1 Å². The van der Waals surface area contributed by atoms with Gasteiger partial charge in [0.25, 0.3) is 16.3 Å². The van der Waals surface area contributed by atoms with Crippen LogP contribution in [0.2, 0.25) is 0 Å². The molecule has 0 fully saturated rings. The molecule has 0 atom stereocenters. The Balaban J connectivity index is 2.21. The lowest BCUT2D eigenvalue weighted by molar-refractivity contribution is 0.0541. The minimum atomic E-state index is -5.40. The van der Waals surface area contributed by atoms with E-state index in [2.05, 4.69) is 0 Å². The molecule has 0 saturated heterocycles. The zero-order valence-electron chi connectivity index (χ0n) is 12.5. The van der Waals surface area contributed by atoms with Crippen LogP contribution in [0.5, 0.6) is 11.5 Å². The van der Waals surface area contributed by atoms with E-state index >= 15 is 0 Å². The third-order valence-corrected chi connectivity index (χ3v) is 5.47. The number of ether oxygens (including phenoxy) is 1. The summed E-state index contributed by atoms with van der Waals surface area (Å²) >= 11 is 0. The predicted molar refractivity (Wildman–Crippen MR) is 79.1 cm³/mol. The Labute approximate surface area is 144 Å². The van der Waals surface area contributed by atoms with E-state index in [0.29, 0.717) is 6.07 Å². The van der Waals surface area contributed by atoms with Crippen LogP contribution in [0.3, 0.4) is 0 Å². The zero-order valence-corrected chi connectivity index (χ0v) is 13.4. The molecular formula is C16H7F4NO4S. The van der Waals surface area contributed by atoms with Gasteiger partial charge < -0.3 is 4.74 Å². The number of sulfone groups is 1. The molecule has 0 aromatic heterocycles. The van der Waals surface area contributed by atoms with Crippen molar-refractivity contribution in [2.24, 2.45) is 0 Å². The predicted octanol–water partition coefficient (Wildman–Crippen LogP) is 3.85. The topological polar surface area (TPSA) is 84.2 Å². The molecule has 0 aliphatic carbocycles. The van der Waals surface area contributed by atoms with Gasteiger partial charge in [0.15, 0.2) is 0 Å². The second kappa shape index (κ2) is 5.81. The molecule has 5 nitrogen and oxygen atoms in total. The summed E-state index contributed by atoms with van der Waals surface area (Å²) in [5.41, 5.74) is -2.37. The minimum Gasteiger partial charge on any atom is -0.457 e. The van der Waals surface area contributed by atoms with Gasteiger partial charge in [0.1, 0.15) is 11.5 Å². The molecule has 0 N–H and O–H groups in total. The number of nitriles is 1. The molecule has 1 heterocycles. The number of alkyl halides is 4. The van der Waals surface area contributed by atoms with Gasteiger partial charge in [0.2, 0.25) is 5.78 Å². The fourth-order valence-electron chi connectivity index (χ4n) is 2.51. The molecule has 0 bridgehead atoms. The van der Waals surface area contributed by atoms with Crippen LogP contribution in [0.15, 0.2) is 41.3 Å². The van der Waals surface area contributed by atoms with E-state index in [1.165, 1.54) is 24.3 Å². The smallest absolute Gasteiger partial charge is 0.411 e. The molecule has 1 aliphatic heterocycles. The summed E-state index contributed by atoms with van der Waals surface area (Å²) in [4.78, 5) is 10.6. The highest BCUT2D eigenvalue weighted by atomic mass is 32.2. The summed E-state index contributed by atoms with van der Waals surface area (Å²) in [6.07, 6.45) is -3.45. The minimum absolute atomic E-state index is 0.0639. The lowest BCUT2D eigenvalue weighted by Crippen LogP contribution is -2.30. The summed E-state index contributed by atoms with van der Waals surface area (Å²) in [5.74, 6) is -2.94. The van der Waals surface area contributed by atoms with Gasteiger partial charge in [-0.05, 0) is 30.3 Å². The summed E-state index contributed by atoms with van der Waals surface area (Å²) in [7, 11) is -5.40. The lowest BCUT2D eigenvalue weighted by atomic mass is 10.0. The van der Waals surface area contributed by atoms with Crippen LogP contribution < -0.4 is 4.74 Å². The molecule has 3 rings (SSSR count). The molecule has 0 radical (unpaired) electrons. The molecule has 2 aromatic rings. The second-order valence-corrected chi connectivity index (χ2v) is 7.20. The zero-order chi connectivity index (χ0) is 19.3. The van der Waals surface area contributed by atoms with Crippen molar-refractivity contribution in [2.75, 3.05) is 0 Å². The van der Waals surface area contributed by atoms with Crippen molar-refractivity contribution in [3.8, 4) is 17.6 Å². The number of rotatable bonds is 3. The van der Waals surface area contributed by atoms with Crippen LogP contribution in [0.25, 0.3) is 0 Å². The number of benzene rings is 2. The highest BCUT2D eigenvalue weighted by molar-refractivity contribution is 7.94. The fourth-order valence-corrected chi connectivity index (χ4v) is 3.85. The number of Topliss-reactive ketones (excluding diaryl/α,β-unsaturated/α-hetero) is 1.